The molecular weight excluding hydrogens is 534 g/mol. The zero-order chi connectivity index (χ0) is 27.2. The van der Waals surface area contributed by atoms with Gasteiger partial charge < -0.3 is 35.6 Å². The Bertz CT molecular complexity index is 1240. The summed E-state index contributed by atoms with van der Waals surface area (Å²) >= 11 is 2.53. The Hall–Kier alpha value is -3.17. The first kappa shape index (κ1) is 26.4. The van der Waals surface area contributed by atoms with Gasteiger partial charge in [0.1, 0.15) is 30.8 Å². The number of oxime groups is 1. The number of carboxylic acids is 1. The van der Waals surface area contributed by atoms with E-state index in [1.807, 2.05) is 0 Å². The van der Waals surface area contributed by atoms with Gasteiger partial charge in [-0.1, -0.05) is 5.16 Å². The predicted molar refractivity (Wildman–Crippen MR) is 137 cm³/mol. The van der Waals surface area contributed by atoms with E-state index in [4.69, 9.17) is 10.6 Å². The van der Waals surface area contributed by atoms with Gasteiger partial charge in [0.25, 0.3) is 11.8 Å². The van der Waals surface area contributed by atoms with E-state index in [2.05, 4.69) is 20.8 Å². The quantitative estimate of drug-likeness (QED) is 0.143. The number of anilines is 1. The molecule has 4 fully saturated rings. The van der Waals surface area contributed by atoms with E-state index in [1.165, 1.54) is 23.8 Å². The number of amides is 3. The van der Waals surface area contributed by atoms with E-state index in [9.17, 15) is 24.3 Å². The Morgan fingerprint density at radius 3 is 2.55 bits per heavy atom. The van der Waals surface area contributed by atoms with E-state index in [1.54, 1.807) is 12.4 Å². The van der Waals surface area contributed by atoms with Gasteiger partial charge in [-0.05, 0) is 0 Å². The van der Waals surface area contributed by atoms with Crippen LogP contribution in [0.1, 0.15) is 25.0 Å². The molecule has 1 aromatic rings. The van der Waals surface area contributed by atoms with Crippen LogP contribution < -0.4 is 21.5 Å². The maximum atomic E-state index is 13.1. The first-order valence-corrected chi connectivity index (χ1v) is 14.2. The van der Waals surface area contributed by atoms with Gasteiger partial charge in [-0.2, -0.15) is 0 Å². The van der Waals surface area contributed by atoms with Crippen LogP contribution in [-0.2, 0) is 24.0 Å². The van der Waals surface area contributed by atoms with Gasteiger partial charge in [-0.25, -0.2) is 4.98 Å². The number of piperidine rings is 3. The molecule has 0 aromatic carbocycles. The molecule has 204 valence electrons. The number of rotatable bonds is 8. The number of hydrogen-bond donors (Lipinski definition) is 3. The Kier molecular flexibility index (Phi) is 6.86. The lowest BCUT2D eigenvalue weighted by Gasteiger charge is -2.55. The van der Waals surface area contributed by atoms with E-state index < -0.39 is 29.2 Å². The maximum Gasteiger partial charge on any atom is 0.276 e. The zero-order valence-corrected chi connectivity index (χ0v) is 22.7. The van der Waals surface area contributed by atoms with Gasteiger partial charge >= 0.3 is 0 Å². The van der Waals surface area contributed by atoms with Crippen LogP contribution in [0.2, 0.25) is 0 Å². The zero-order valence-electron chi connectivity index (χ0n) is 21.0. The second-order valence-electron chi connectivity index (χ2n) is 10.1. The minimum Gasteiger partial charge on any atom is -0.543 e. The highest BCUT2D eigenvalue weighted by molar-refractivity contribution is 8.00. The minimum absolute atomic E-state index is 0.0805. The van der Waals surface area contributed by atoms with Gasteiger partial charge in [0.15, 0.2) is 10.8 Å². The van der Waals surface area contributed by atoms with Crippen molar-refractivity contribution in [2.45, 2.75) is 30.7 Å². The summed E-state index contributed by atoms with van der Waals surface area (Å²) < 4.78 is 0.700. The topological polar surface area (TPSA) is 179 Å². The summed E-state index contributed by atoms with van der Waals surface area (Å²) in [6, 6.07) is -0.938. The van der Waals surface area contributed by atoms with E-state index in [0.29, 0.717) is 22.4 Å². The molecule has 1 aromatic heterocycles. The van der Waals surface area contributed by atoms with Gasteiger partial charge in [0.2, 0.25) is 5.91 Å². The van der Waals surface area contributed by atoms with Crippen LogP contribution in [-0.4, -0.2) is 101 Å². The predicted octanol–water partition coefficient (Wildman–Crippen LogP) is -1.77. The highest BCUT2D eigenvalue weighted by atomic mass is 32.2. The number of carbonyl (C=O) groups is 4. The molecule has 0 radical (unpaired) electrons. The fraction of sp³-hybridized carbons (Fsp3) is 0.565. The number of nitrogens with zero attached hydrogens (tertiary/aromatic N) is 4. The SMILES string of the molecule is CNC(=O)C12CC[N+](CC3=C(C(=O)[O-])N4C(=O)[C@@H](NC(=O)/C(=N\OC)c5csc(N)n5)[C@H]4SC3)(CC1)CC2. The van der Waals surface area contributed by atoms with Crippen molar-refractivity contribution in [3.05, 3.63) is 22.3 Å². The average molecular weight is 564 g/mol. The maximum absolute atomic E-state index is 13.1. The standard InChI is InChI=1S/C23H29N7O6S2/c1-25-21(35)23-3-6-30(7-4-23,8-5-23)9-12-10-37-19-15(18(32)29(19)16(12)20(33)34)27-17(31)14(28-36-2)13-11-38-22(24)26-13/h11,15,19H,3-10H2,1-2H3,(H4-,24,25,26,27,31,33,34,35)/b28-14-/t15-,19-,23?,30?/m1/s1. The molecular formula is C23H29N7O6S2. The third-order valence-electron chi connectivity index (χ3n) is 8.12. The van der Waals surface area contributed by atoms with E-state index >= 15 is 0 Å². The first-order chi connectivity index (χ1) is 18.1. The van der Waals surface area contributed by atoms with Crippen LogP contribution >= 0.6 is 23.1 Å². The molecule has 6 rings (SSSR count). The molecule has 38 heavy (non-hydrogen) atoms. The number of aliphatic carboxylic acids is 1. The van der Waals surface area contributed by atoms with E-state index in [-0.39, 0.29) is 33.6 Å². The van der Waals surface area contributed by atoms with Crippen LogP contribution in [0.5, 0.6) is 0 Å². The summed E-state index contributed by atoms with van der Waals surface area (Å²) in [6.07, 6.45) is 2.26. The number of nitrogen functional groups attached to an aromatic ring is 1. The van der Waals surface area contributed by atoms with Crippen molar-refractivity contribution in [3.63, 3.8) is 0 Å². The number of thiazole rings is 1. The van der Waals surface area contributed by atoms with Crippen LogP contribution in [0.25, 0.3) is 0 Å². The Morgan fingerprint density at radius 2 is 2.00 bits per heavy atom. The minimum atomic E-state index is -1.41. The van der Waals surface area contributed by atoms with Crippen LogP contribution in [0.15, 0.2) is 21.8 Å². The van der Waals surface area contributed by atoms with Crippen molar-refractivity contribution in [2.75, 3.05) is 51.8 Å². The number of quaternary nitrogens is 1. The average Bonchev–Trinajstić information content (AvgIpc) is 3.35. The van der Waals surface area contributed by atoms with Crippen molar-refractivity contribution >= 4 is 57.6 Å². The van der Waals surface area contributed by atoms with Crippen molar-refractivity contribution in [1.82, 2.24) is 20.5 Å². The number of hydrogen-bond acceptors (Lipinski definition) is 11. The molecule has 5 aliphatic heterocycles. The normalized spacial score (nSPS) is 30.4. The smallest absolute Gasteiger partial charge is 0.276 e. The fourth-order valence-corrected chi connectivity index (χ4v) is 7.89. The lowest BCUT2D eigenvalue weighted by molar-refractivity contribution is -0.940. The van der Waals surface area contributed by atoms with Crippen molar-refractivity contribution < 1.29 is 33.6 Å². The van der Waals surface area contributed by atoms with E-state index in [0.717, 1.165) is 50.2 Å². The summed E-state index contributed by atoms with van der Waals surface area (Å²) in [5.74, 6) is -2.14. The van der Waals surface area contributed by atoms with Crippen LogP contribution in [0.3, 0.4) is 0 Å². The largest absolute Gasteiger partial charge is 0.543 e. The lowest BCUT2D eigenvalue weighted by atomic mass is 9.69. The van der Waals surface area contributed by atoms with Gasteiger partial charge in [0.05, 0.1) is 36.7 Å². The molecule has 4 N–H and O–H groups in total. The number of nitrogens with one attached hydrogen (secondary N) is 2. The molecule has 13 nitrogen and oxygen atoms in total. The molecule has 4 saturated heterocycles. The Morgan fingerprint density at radius 1 is 1.32 bits per heavy atom. The number of nitrogens with two attached hydrogens (primary N) is 1. The molecule has 6 heterocycles. The number of aromatic nitrogens is 1. The molecule has 0 spiro atoms. The van der Waals surface area contributed by atoms with Crippen molar-refractivity contribution in [1.29, 1.82) is 0 Å². The summed E-state index contributed by atoms with van der Waals surface area (Å²) in [7, 11) is 2.94. The van der Waals surface area contributed by atoms with Crippen LogP contribution in [0.4, 0.5) is 5.13 Å². The fourth-order valence-electron chi connectivity index (χ4n) is 6.01. The summed E-state index contributed by atoms with van der Waals surface area (Å²) in [5, 5.41) is 22.6. The molecule has 5 aliphatic rings. The molecule has 2 atom stereocenters. The third-order valence-corrected chi connectivity index (χ3v) is 10.1. The number of carboxylic acid groups (broad SMARTS) is 1. The Labute approximate surface area is 227 Å². The summed E-state index contributed by atoms with van der Waals surface area (Å²) in [5.41, 5.74) is 5.95. The summed E-state index contributed by atoms with van der Waals surface area (Å²) in [4.78, 5) is 60.8. The monoisotopic (exact) mass is 563 g/mol. The number of thioether (sulfide) groups is 1. The second kappa shape index (κ2) is 9.85. The Balaban J connectivity index is 1.31. The van der Waals surface area contributed by atoms with Crippen molar-refractivity contribution in [2.24, 2.45) is 10.6 Å². The first-order valence-electron chi connectivity index (χ1n) is 12.2. The lowest BCUT2D eigenvalue weighted by Crippen LogP contribution is -2.72. The van der Waals surface area contributed by atoms with Gasteiger partial charge in [-0.15, -0.1) is 23.1 Å². The highest BCUT2D eigenvalue weighted by Gasteiger charge is 2.56. The molecule has 0 aliphatic carbocycles. The molecule has 3 amide bonds. The van der Waals surface area contributed by atoms with Crippen LogP contribution in [0, 0.1) is 5.41 Å². The highest BCUT2D eigenvalue weighted by Crippen LogP contribution is 2.46. The molecule has 0 saturated carbocycles. The number of β-lactam (4-membered cyclic amide) rings is 1. The summed E-state index contributed by atoms with van der Waals surface area (Å²) in [6.45, 7) is 2.83. The van der Waals surface area contributed by atoms with Gasteiger partial charge in [0, 0.05) is 43.0 Å². The molecule has 0 unspecified atom stereocenters. The third kappa shape index (κ3) is 4.31. The number of carbonyl (C=O) groups excluding carboxylic acids is 4. The number of fused-ring (bicyclic) bond motifs is 4. The van der Waals surface area contributed by atoms with Gasteiger partial charge in [-0.3, -0.25) is 19.3 Å². The molecule has 15 heteroatoms. The second-order valence-corrected chi connectivity index (χ2v) is 12.1. The van der Waals surface area contributed by atoms with Crippen molar-refractivity contribution in [3.8, 4) is 0 Å². The molecule has 2 bridgehead atoms.